The third-order valence-electron chi connectivity index (χ3n) is 2.19. The van der Waals surface area contributed by atoms with Crippen LogP contribution in [0.5, 0.6) is 0 Å². The van der Waals surface area contributed by atoms with Crippen LogP contribution in [-0.4, -0.2) is 16.2 Å². The lowest BCUT2D eigenvalue weighted by atomic mass is 10.1. The van der Waals surface area contributed by atoms with Gasteiger partial charge in [0.05, 0.1) is 0 Å². The average molecular weight is 251 g/mol. The largest absolute Gasteiger partial charge is 0.357 e. The highest BCUT2D eigenvalue weighted by Crippen LogP contribution is 2.13. The lowest BCUT2D eigenvalue weighted by Gasteiger charge is -2.12. The zero-order valence-corrected chi connectivity index (χ0v) is 10.6. The summed E-state index contributed by atoms with van der Waals surface area (Å²) in [5, 5.41) is 11.0. The summed E-state index contributed by atoms with van der Waals surface area (Å²) in [5.41, 5.74) is 1.32. The molecule has 1 aromatic carbocycles. The summed E-state index contributed by atoms with van der Waals surface area (Å²) in [5.74, 6) is 0. The van der Waals surface area contributed by atoms with Crippen LogP contribution >= 0.6 is 23.6 Å². The smallest absolute Gasteiger partial charge is 0.204 e. The highest BCUT2D eigenvalue weighted by atomic mass is 32.1. The summed E-state index contributed by atoms with van der Waals surface area (Å²) < 4.78 is 0.703. The third-order valence-corrected chi connectivity index (χ3v) is 3.21. The first-order valence-corrected chi connectivity index (χ1v) is 6.32. The Morgan fingerprint density at radius 3 is 2.81 bits per heavy atom. The lowest BCUT2D eigenvalue weighted by molar-refractivity contribution is 0.785. The van der Waals surface area contributed by atoms with Gasteiger partial charge in [-0.3, -0.25) is 5.10 Å². The van der Waals surface area contributed by atoms with Crippen molar-refractivity contribution in [3.8, 4) is 0 Å². The van der Waals surface area contributed by atoms with Gasteiger partial charge in [-0.2, -0.15) is 0 Å². The van der Waals surface area contributed by atoms with Crippen molar-refractivity contribution < 1.29 is 0 Å². The normalized spacial score (nSPS) is 12.3. The van der Waals surface area contributed by atoms with Crippen LogP contribution in [0.2, 0.25) is 0 Å². The molecular formula is C11H13N3S2. The van der Waals surface area contributed by atoms with Crippen LogP contribution in [0, 0.1) is 3.95 Å². The van der Waals surface area contributed by atoms with E-state index in [1.165, 1.54) is 16.9 Å². The first-order valence-electron chi connectivity index (χ1n) is 5.10. The van der Waals surface area contributed by atoms with Gasteiger partial charge in [-0.15, -0.1) is 5.10 Å². The van der Waals surface area contributed by atoms with Gasteiger partial charge in [-0.1, -0.05) is 41.7 Å². The van der Waals surface area contributed by atoms with E-state index in [-0.39, 0.29) is 0 Å². The number of aromatic amines is 1. The fraction of sp³-hybridized carbons (Fsp3) is 0.273. The molecule has 1 unspecified atom stereocenters. The maximum atomic E-state index is 4.98. The Kier molecular flexibility index (Phi) is 3.69. The monoisotopic (exact) mass is 251 g/mol. The van der Waals surface area contributed by atoms with Crippen LogP contribution in [0.3, 0.4) is 0 Å². The minimum Gasteiger partial charge on any atom is -0.357 e. The topological polar surface area (TPSA) is 40.7 Å². The molecule has 0 amide bonds. The van der Waals surface area contributed by atoms with E-state index in [1.807, 2.05) is 6.07 Å². The maximum Gasteiger partial charge on any atom is 0.204 e. The molecule has 0 radical (unpaired) electrons. The molecular weight excluding hydrogens is 238 g/mol. The van der Waals surface area contributed by atoms with Gasteiger partial charge in [0.25, 0.3) is 0 Å². The first kappa shape index (κ1) is 11.3. The van der Waals surface area contributed by atoms with Gasteiger partial charge in [0.2, 0.25) is 5.13 Å². The Morgan fingerprint density at radius 2 is 2.19 bits per heavy atom. The number of rotatable bonds is 4. The molecule has 0 aliphatic heterocycles. The molecule has 0 saturated heterocycles. The number of H-pyrrole nitrogens is 1. The fourth-order valence-electron chi connectivity index (χ4n) is 1.52. The summed E-state index contributed by atoms with van der Waals surface area (Å²) >= 11 is 6.44. The predicted octanol–water partition coefficient (Wildman–Crippen LogP) is 3.24. The van der Waals surface area contributed by atoms with Crippen molar-refractivity contribution in [3.63, 3.8) is 0 Å². The number of benzene rings is 1. The number of nitrogens with zero attached hydrogens (tertiary/aromatic N) is 1. The number of aromatic nitrogens is 2. The van der Waals surface area contributed by atoms with Crippen LogP contribution in [0.1, 0.15) is 12.5 Å². The molecule has 0 saturated carbocycles. The van der Waals surface area contributed by atoms with E-state index < -0.39 is 0 Å². The van der Waals surface area contributed by atoms with Crippen molar-refractivity contribution in [2.45, 2.75) is 19.4 Å². The minimum absolute atomic E-state index is 0.344. The van der Waals surface area contributed by atoms with E-state index in [9.17, 15) is 0 Å². The van der Waals surface area contributed by atoms with E-state index in [0.29, 0.717) is 10.00 Å². The van der Waals surface area contributed by atoms with Crippen molar-refractivity contribution >= 4 is 28.7 Å². The van der Waals surface area contributed by atoms with Crippen LogP contribution in [0.15, 0.2) is 30.3 Å². The van der Waals surface area contributed by atoms with Gasteiger partial charge in [0, 0.05) is 6.04 Å². The Hall–Kier alpha value is -1.20. The van der Waals surface area contributed by atoms with Crippen molar-refractivity contribution in [2.24, 2.45) is 0 Å². The van der Waals surface area contributed by atoms with Crippen molar-refractivity contribution in [1.82, 2.24) is 10.2 Å². The summed E-state index contributed by atoms with van der Waals surface area (Å²) in [6, 6.07) is 10.7. The highest BCUT2D eigenvalue weighted by molar-refractivity contribution is 7.73. The van der Waals surface area contributed by atoms with Crippen molar-refractivity contribution in [3.05, 3.63) is 39.8 Å². The second-order valence-electron chi connectivity index (χ2n) is 3.65. The van der Waals surface area contributed by atoms with Crippen LogP contribution in [0.4, 0.5) is 5.13 Å². The zero-order valence-electron chi connectivity index (χ0n) is 8.93. The molecule has 0 bridgehead atoms. The maximum absolute atomic E-state index is 4.98. The molecule has 1 atom stereocenters. The molecule has 3 nitrogen and oxygen atoms in total. The highest BCUT2D eigenvalue weighted by Gasteiger charge is 2.05. The van der Waals surface area contributed by atoms with Gasteiger partial charge < -0.3 is 5.32 Å². The molecule has 0 aliphatic rings. The standard InChI is InChI=1S/C11H13N3S2/c1-8(7-9-5-3-2-4-6-9)12-10-13-14-11(15)16-10/h2-6,8H,7H2,1H3,(H,12,13)(H,14,15). The van der Waals surface area contributed by atoms with Gasteiger partial charge in [0.1, 0.15) is 0 Å². The molecule has 16 heavy (non-hydrogen) atoms. The van der Waals surface area contributed by atoms with Crippen LogP contribution < -0.4 is 5.32 Å². The summed E-state index contributed by atoms with van der Waals surface area (Å²) in [7, 11) is 0. The SMILES string of the molecule is CC(Cc1ccccc1)Nc1n[nH]c(=S)s1. The predicted molar refractivity (Wildman–Crippen MR) is 70.5 cm³/mol. The Morgan fingerprint density at radius 1 is 1.44 bits per heavy atom. The van der Waals surface area contributed by atoms with E-state index in [1.54, 1.807) is 0 Å². The second-order valence-corrected chi connectivity index (χ2v) is 5.32. The summed E-state index contributed by atoms with van der Waals surface area (Å²) in [6.07, 6.45) is 0.979. The third kappa shape index (κ3) is 3.15. The number of hydrogen-bond acceptors (Lipinski definition) is 4. The first-order chi connectivity index (χ1) is 7.74. The summed E-state index contributed by atoms with van der Waals surface area (Å²) in [6.45, 7) is 2.14. The molecule has 2 aromatic rings. The van der Waals surface area contributed by atoms with Gasteiger partial charge in [-0.05, 0) is 31.1 Å². The second kappa shape index (κ2) is 5.23. The zero-order chi connectivity index (χ0) is 11.4. The number of nitrogens with one attached hydrogen (secondary N) is 2. The quantitative estimate of drug-likeness (QED) is 0.820. The van der Waals surface area contributed by atoms with Gasteiger partial charge >= 0.3 is 0 Å². The van der Waals surface area contributed by atoms with Gasteiger partial charge in [-0.25, -0.2) is 0 Å². The van der Waals surface area contributed by atoms with Crippen LogP contribution in [-0.2, 0) is 6.42 Å². The number of hydrogen-bond donors (Lipinski definition) is 2. The fourth-order valence-corrected chi connectivity index (χ4v) is 2.42. The Bertz CT molecular complexity index is 489. The molecule has 2 N–H and O–H groups in total. The molecule has 0 fully saturated rings. The molecule has 2 rings (SSSR count). The molecule has 1 heterocycles. The van der Waals surface area contributed by atoms with Gasteiger partial charge in [0.15, 0.2) is 3.95 Å². The Labute approximate surface area is 104 Å². The van der Waals surface area contributed by atoms with E-state index >= 15 is 0 Å². The Balaban J connectivity index is 1.94. The molecule has 1 aromatic heterocycles. The van der Waals surface area contributed by atoms with Crippen LogP contribution in [0.25, 0.3) is 0 Å². The van der Waals surface area contributed by atoms with E-state index in [4.69, 9.17) is 12.2 Å². The van der Waals surface area contributed by atoms with Crippen molar-refractivity contribution in [1.29, 1.82) is 0 Å². The van der Waals surface area contributed by atoms with E-state index in [0.717, 1.165) is 11.6 Å². The molecule has 0 aliphatic carbocycles. The minimum atomic E-state index is 0.344. The van der Waals surface area contributed by atoms with Crippen molar-refractivity contribution in [2.75, 3.05) is 5.32 Å². The molecule has 84 valence electrons. The lowest BCUT2D eigenvalue weighted by Crippen LogP contribution is -2.17. The average Bonchev–Trinajstić information content (AvgIpc) is 2.65. The molecule has 5 heteroatoms. The van der Waals surface area contributed by atoms with E-state index in [2.05, 4.69) is 46.7 Å². The number of anilines is 1. The molecule has 0 spiro atoms. The summed E-state index contributed by atoms with van der Waals surface area (Å²) in [4.78, 5) is 0.